The van der Waals surface area contributed by atoms with Gasteiger partial charge in [0.05, 0.1) is 6.61 Å². The highest BCUT2D eigenvalue weighted by molar-refractivity contribution is 5.79. The molecule has 1 amide bonds. The lowest BCUT2D eigenvalue weighted by Gasteiger charge is -2.29. The molecule has 0 saturated carbocycles. The Hall–Kier alpha value is -0.710. The van der Waals surface area contributed by atoms with Crippen molar-refractivity contribution in [2.75, 3.05) is 13.2 Å². The molecule has 13 heavy (non-hydrogen) atoms. The molecule has 2 atom stereocenters. The van der Waals surface area contributed by atoms with E-state index in [4.69, 9.17) is 4.74 Å². The van der Waals surface area contributed by atoms with Gasteiger partial charge >= 0.3 is 6.43 Å². The number of carbonyl (C=O) groups is 1. The number of hydrogen-bond donors (Lipinski definition) is 1. The maximum Gasteiger partial charge on any atom is 0.315 e. The summed E-state index contributed by atoms with van der Waals surface area (Å²) >= 11 is 0. The SMILES string of the molecule is CC1COCCC1NC(=O)C(F)F. The van der Waals surface area contributed by atoms with E-state index in [1.807, 2.05) is 6.92 Å². The van der Waals surface area contributed by atoms with Gasteiger partial charge in [-0.15, -0.1) is 0 Å². The van der Waals surface area contributed by atoms with Crippen molar-refractivity contribution in [2.45, 2.75) is 25.8 Å². The molecule has 76 valence electrons. The van der Waals surface area contributed by atoms with Crippen LogP contribution in [-0.2, 0) is 9.53 Å². The molecule has 1 aliphatic rings. The van der Waals surface area contributed by atoms with Gasteiger partial charge in [-0.3, -0.25) is 4.79 Å². The quantitative estimate of drug-likeness (QED) is 0.704. The second kappa shape index (κ2) is 4.50. The highest BCUT2D eigenvalue weighted by Gasteiger charge is 2.26. The van der Waals surface area contributed by atoms with E-state index < -0.39 is 12.3 Å². The monoisotopic (exact) mass is 193 g/mol. The molecule has 3 nitrogen and oxygen atoms in total. The Labute approximate surface area is 75.4 Å². The molecule has 0 aromatic heterocycles. The topological polar surface area (TPSA) is 38.3 Å². The molecule has 0 bridgehead atoms. The Morgan fingerprint density at radius 2 is 2.31 bits per heavy atom. The molecule has 1 saturated heterocycles. The summed E-state index contributed by atoms with van der Waals surface area (Å²) in [5.74, 6) is -1.07. The van der Waals surface area contributed by atoms with E-state index in [0.717, 1.165) is 0 Å². The van der Waals surface area contributed by atoms with Gasteiger partial charge < -0.3 is 10.1 Å². The van der Waals surface area contributed by atoms with Gasteiger partial charge in [0.2, 0.25) is 0 Å². The average Bonchev–Trinajstić information content (AvgIpc) is 2.08. The Morgan fingerprint density at radius 1 is 1.62 bits per heavy atom. The van der Waals surface area contributed by atoms with E-state index in [9.17, 15) is 13.6 Å². The second-order valence-corrected chi connectivity index (χ2v) is 3.26. The van der Waals surface area contributed by atoms with E-state index in [-0.39, 0.29) is 12.0 Å². The molecule has 1 N–H and O–H groups in total. The summed E-state index contributed by atoms with van der Waals surface area (Å²) in [5, 5.41) is 2.30. The molecule has 0 aromatic carbocycles. The Morgan fingerprint density at radius 3 is 2.85 bits per heavy atom. The summed E-state index contributed by atoms with van der Waals surface area (Å²) in [6.07, 6.45) is -2.31. The molecule has 1 fully saturated rings. The van der Waals surface area contributed by atoms with Crippen molar-refractivity contribution in [1.82, 2.24) is 5.32 Å². The summed E-state index contributed by atoms with van der Waals surface area (Å²) in [4.78, 5) is 10.7. The number of rotatable bonds is 2. The fourth-order valence-electron chi connectivity index (χ4n) is 1.34. The van der Waals surface area contributed by atoms with E-state index in [0.29, 0.717) is 19.6 Å². The minimum Gasteiger partial charge on any atom is -0.381 e. The molecule has 2 unspecified atom stereocenters. The summed E-state index contributed by atoms with van der Waals surface area (Å²) in [5.41, 5.74) is 0. The lowest BCUT2D eigenvalue weighted by molar-refractivity contribution is -0.133. The number of nitrogens with one attached hydrogen (secondary N) is 1. The first-order chi connectivity index (χ1) is 6.11. The highest BCUT2D eigenvalue weighted by atomic mass is 19.3. The Bertz CT molecular complexity index is 187. The van der Waals surface area contributed by atoms with Crippen LogP contribution in [0.4, 0.5) is 8.78 Å². The van der Waals surface area contributed by atoms with Crippen molar-refractivity contribution < 1.29 is 18.3 Å². The lowest BCUT2D eigenvalue weighted by atomic mass is 9.98. The van der Waals surface area contributed by atoms with E-state index >= 15 is 0 Å². The zero-order valence-corrected chi connectivity index (χ0v) is 7.43. The number of halogens is 2. The number of amides is 1. The standard InChI is InChI=1S/C8H13F2NO2/c1-5-4-13-3-2-6(5)11-8(12)7(9)10/h5-7H,2-4H2,1H3,(H,11,12). The van der Waals surface area contributed by atoms with Crippen LogP contribution in [0, 0.1) is 5.92 Å². The zero-order valence-electron chi connectivity index (χ0n) is 7.43. The van der Waals surface area contributed by atoms with Crippen LogP contribution in [0.3, 0.4) is 0 Å². The van der Waals surface area contributed by atoms with Crippen LogP contribution in [0.1, 0.15) is 13.3 Å². The molecule has 0 aliphatic carbocycles. The molecule has 0 aromatic rings. The average molecular weight is 193 g/mol. The van der Waals surface area contributed by atoms with Gasteiger partial charge in [0, 0.05) is 12.6 Å². The molecular formula is C8H13F2NO2. The van der Waals surface area contributed by atoms with Crippen LogP contribution < -0.4 is 5.32 Å². The molecule has 0 spiro atoms. The Kier molecular flexibility index (Phi) is 3.59. The van der Waals surface area contributed by atoms with Gasteiger partial charge in [0.15, 0.2) is 0 Å². The van der Waals surface area contributed by atoms with Gasteiger partial charge in [0.1, 0.15) is 0 Å². The van der Waals surface area contributed by atoms with Crippen molar-refractivity contribution in [1.29, 1.82) is 0 Å². The third kappa shape index (κ3) is 2.91. The van der Waals surface area contributed by atoms with E-state index in [2.05, 4.69) is 5.32 Å². The van der Waals surface area contributed by atoms with Crippen LogP contribution in [0.15, 0.2) is 0 Å². The fourth-order valence-corrected chi connectivity index (χ4v) is 1.34. The maximum atomic E-state index is 11.9. The van der Waals surface area contributed by atoms with E-state index in [1.165, 1.54) is 0 Å². The van der Waals surface area contributed by atoms with Gasteiger partial charge in [-0.25, -0.2) is 0 Å². The maximum absolute atomic E-state index is 11.9. The number of carbonyl (C=O) groups excluding carboxylic acids is 1. The van der Waals surface area contributed by atoms with Crippen molar-refractivity contribution in [3.63, 3.8) is 0 Å². The van der Waals surface area contributed by atoms with Gasteiger partial charge in [0.25, 0.3) is 5.91 Å². The van der Waals surface area contributed by atoms with Crippen LogP contribution in [-0.4, -0.2) is 31.6 Å². The zero-order chi connectivity index (χ0) is 9.84. The number of alkyl halides is 2. The van der Waals surface area contributed by atoms with E-state index in [1.54, 1.807) is 0 Å². The fraction of sp³-hybridized carbons (Fsp3) is 0.875. The summed E-state index contributed by atoms with van der Waals surface area (Å²) in [6.45, 7) is 2.92. The van der Waals surface area contributed by atoms with Crippen LogP contribution >= 0.6 is 0 Å². The molecule has 1 aliphatic heterocycles. The predicted molar refractivity (Wildman–Crippen MR) is 42.5 cm³/mol. The Balaban J connectivity index is 2.38. The minimum atomic E-state index is -2.92. The highest BCUT2D eigenvalue weighted by Crippen LogP contribution is 2.14. The molecule has 1 rings (SSSR count). The van der Waals surface area contributed by atoms with Crippen LogP contribution in [0.2, 0.25) is 0 Å². The minimum absolute atomic E-state index is 0.108. The lowest BCUT2D eigenvalue weighted by Crippen LogP contribution is -2.46. The largest absolute Gasteiger partial charge is 0.381 e. The summed E-state index contributed by atoms with van der Waals surface area (Å²) < 4.78 is 28.8. The summed E-state index contributed by atoms with van der Waals surface area (Å²) in [6, 6.07) is -0.171. The van der Waals surface area contributed by atoms with Gasteiger partial charge in [-0.05, 0) is 12.3 Å². The van der Waals surface area contributed by atoms with Crippen molar-refractivity contribution in [3.05, 3.63) is 0 Å². The first-order valence-electron chi connectivity index (χ1n) is 4.27. The molecular weight excluding hydrogens is 180 g/mol. The number of hydrogen-bond acceptors (Lipinski definition) is 2. The molecule has 5 heteroatoms. The first-order valence-corrected chi connectivity index (χ1v) is 4.27. The first kappa shape index (κ1) is 10.4. The third-order valence-electron chi connectivity index (χ3n) is 2.17. The molecule has 1 heterocycles. The van der Waals surface area contributed by atoms with Crippen molar-refractivity contribution in [3.8, 4) is 0 Å². The van der Waals surface area contributed by atoms with Gasteiger partial charge in [-0.1, -0.05) is 6.92 Å². The van der Waals surface area contributed by atoms with Crippen molar-refractivity contribution >= 4 is 5.91 Å². The normalized spacial score (nSPS) is 28.9. The molecule has 0 radical (unpaired) electrons. The van der Waals surface area contributed by atoms with Gasteiger partial charge in [-0.2, -0.15) is 8.78 Å². The summed E-state index contributed by atoms with van der Waals surface area (Å²) in [7, 11) is 0. The van der Waals surface area contributed by atoms with Crippen molar-refractivity contribution in [2.24, 2.45) is 5.92 Å². The number of ether oxygens (including phenoxy) is 1. The van der Waals surface area contributed by atoms with Crippen LogP contribution in [0.25, 0.3) is 0 Å². The smallest absolute Gasteiger partial charge is 0.315 e. The van der Waals surface area contributed by atoms with Crippen LogP contribution in [0.5, 0.6) is 0 Å². The predicted octanol–water partition coefficient (Wildman–Crippen LogP) is 0.793. The second-order valence-electron chi connectivity index (χ2n) is 3.26. The third-order valence-corrected chi connectivity index (χ3v) is 2.17.